The van der Waals surface area contributed by atoms with Gasteiger partial charge < -0.3 is 31.8 Å². The van der Waals surface area contributed by atoms with Gasteiger partial charge in [0.1, 0.15) is 18.6 Å². The van der Waals surface area contributed by atoms with Gasteiger partial charge in [0, 0.05) is 29.3 Å². The van der Waals surface area contributed by atoms with Gasteiger partial charge in [0.2, 0.25) is 17.7 Å². The number of nitrogens with one attached hydrogen (secondary N) is 4. The molecule has 0 bridgehead atoms. The predicted octanol–water partition coefficient (Wildman–Crippen LogP) is -1.23. The van der Waals surface area contributed by atoms with Crippen LogP contribution in [0.15, 0.2) is 30.5 Å². The van der Waals surface area contributed by atoms with E-state index >= 15 is 0 Å². The average Bonchev–Trinajstić information content (AvgIpc) is 3.12. The Morgan fingerprint density at radius 3 is 2.48 bits per heavy atom. The molecule has 1 heterocycles. The fourth-order valence-corrected chi connectivity index (χ4v) is 2.99. The number of carboxylic acid groups (broad SMARTS) is 1. The highest BCUT2D eigenvalue weighted by atomic mass is 32.1. The first-order valence-electron chi connectivity index (χ1n) is 8.80. The summed E-state index contributed by atoms with van der Waals surface area (Å²) in [4.78, 5) is 50.3. The third-order valence-electron chi connectivity index (χ3n) is 4.17. The normalized spacial score (nSPS) is 12.8. The van der Waals surface area contributed by atoms with E-state index in [0.29, 0.717) is 0 Å². The number of benzene rings is 1. The Balaban J connectivity index is 2.15. The predicted molar refractivity (Wildman–Crippen MR) is 109 cm³/mol. The summed E-state index contributed by atoms with van der Waals surface area (Å²) in [6, 6.07) is 5.45. The number of rotatable bonds is 10. The number of aromatic amines is 1. The zero-order valence-corrected chi connectivity index (χ0v) is 16.4. The molecule has 1 aromatic heterocycles. The summed E-state index contributed by atoms with van der Waals surface area (Å²) in [5.41, 5.74) is 7.03. The topological polar surface area (TPSA) is 166 Å². The van der Waals surface area contributed by atoms with E-state index in [9.17, 15) is 19.2 Å². The summed E-state index contributed by atoms with van der Waals surface area (Å²) in [7, 11) is 0. The fourth-order valence-electron chi connectivity index (χ4n) is 2.74. The van der Waals surface area contributed by atoms with Crippen LogP contribution in [-0.4, -0.2) is 64.7 Å². The molecule has 2 unspecified atom stereocenters. The molecule has 156 valence electrons. The second-order valence-corrected chi connectivity index (χ2v) is 6.61. The lowest BCUT2D eigenvalue weighted by Crippen LogP contribution is -2.56. The highest BCUT2D eigenvalue weighted by Crippen LogP contribution is 2.19. The van der Waals surface area contributed by atoms with E-state index in [-0.39, 0.29) is 18.7 Å². The number of H-pyrrole nitrogens is 1. The number of thiol groups is 1. The van der Waals surface area contributed by atoms with E-state index in [1.807, 2.05) is 24.3 Å². The Bertz CT molecular complexity index is 900. The smallest absolute Gasteiger partial charge is 0.322 e. The highest BCUT2D eigenvalue weighted by molar-refractivity contribution is 7.80. The van der Waals surface area contributed by atoms with Gasteiger partial charge in [-0.2, -0.15) is 12.6 Å². The molecule has 2 rings (SSSR count). The van der Waals surface area contributed by atoms with Gasteiger partial charge in [0.05, 0.1) is 6.54 Å². The molecule has 0 radical (unpaired) electrons. The van der Waals surface area contributed by atoms with Gasteiger partial charge in [-0.1, -0.05) is 18.2 Å². The molecular weight excluding hydrogens is 398 g/mol. The van der Waals surface area contributed by atoms with Crippen molar-refractivity contribution in [2.24, 2.45) is 5.73 Å². The second kappa shape index (κ2) is 10.5. The molecule has 10 nitrogen and oxygen atoms in total. The summed E-state index contributed by atoms with van der Waals surface area (Å²) in [6.07, 6.45) is 1.91. The van der Waals surface area contributed by atoms with Crippen LogP contribution in [0.25, 0.3) is 10.9 Å². The standard InChI is InChI=1S/C18H23N5O5S/c19-6-15(24)22-13(5-10-7-20-12-4-2-1-3-11(10)12)18(28)23-14(9-29)17(27)21-8-16(25)26/h1-4,7,13-14,20,29H,5-6,8-9,19H2,(H,21,27)(H,22,24)(H,23,28)(H,25,26). The van der Waals surface area contributed by atoms with Crippen LogP contribution in [-0.2, 0) is 25.6 Å². The number of hydrogen-bond acceptors (Lipinski definition) is 6. The largest absolute Gasteiger partial charge is 0.480 e. The number of carbonyl (C=O) groups excluding carboxylic acids is 3. The number of amides is 3. The number of nitrogens with two attached hydrogens (primary N) is 1. The molecule has 0 fully saturated rings. The van der Waals surface area contributed by atoms with Crippen molar-refractivity contribution in [1.29, 1.82) is 0 Å². The van der Waals surface area contributed by atoms with Crippen molar-refractivity contribution in [3.8, 4) is 0 Å². The van der Waals surface area contributed by atoms with Crippen LogP contribution in [0.3, 0.4) is 0 Å². The zero-order chi connectivity index (χ0) is 21.4. The van der Waals surface area contributed by atoms with Crippen molar-refractivity contribution < 1.29 is 24.3 Å². The molecule has 1 aromatic carbocycles. The molecule has 0 aliphatic rings. The summed E-state index contributed by atoms with van der Waals surface area (Å²) >= 11 is 4.03. The number of carbonyl (C=O) groups is 4. The molecule has 11 heteroatoms. The van der Waals surface area contributed by atoms with E-state index in [4.69, 9.17) is 10.8 Å². The fraction of sp³-hybridized carbons (Fsp3) is 0.333. The molecule has 0 saturated heterocycles. The number of para-hydroxylation sites is 1. The quantitative estimate of drug-likeness (QED) is 0.237. The van der Waals surface area contributed by atoms with Gasteiger partial charge in [-0.15, -0.1) is 0 Å². The van der Waals surface area contributed by atoms with Crippen molar-refractivity contribution in [1.82, 2.24) is 20.9 Å². The van der Waals surface area contributed by atoms with Gasteiger partial charge in [-0.25, -0.2) is 0 Å². The number of aromatic nitrogens is 1. The van der Waals surface area contributed by atoms with Crippen LogP contribution in [0.2, 0.25) is 0 Å². The maximum atomic E-state index is 12.8. The highest BCUT2D eigenvalue weighted by Gasteiger charge is 2.27. The van der Waals surface area contributed by atoms with Crippen LogP contribution < -0.4 is 21.7 Å². The SMILES string of the molecule is NCC(=O)NC(Cc1c[nH]c2ccccc12)C(=O)NC(CS)C(=O)NCC(=O)O. The maximum absolute atomic E-state index is 12.8. The molecule has 0 aliphatic carbocycles. The van der Waals surface area contributed by atoms with Crippen LogP contribution >= 0.6 is 12.6 Å². The average molecular weight is 421 g/mol. The zero-order valence-electron chi connectivity index (χ0n) is 15.5. The van der Waals surface area contributed by atoms with Crippen molar-refractivity contribution in [3.63, 3.8) is 0 Å². The molecule has 29 heavy (non-hydrogen) atoms. The summed E-state index contributed by atoms with van der Waals surface area (Å²) in [6.45, 7) is -0.881. The molecular formula is C18H23N5O5S. The van der Waals surface area contributed by atoms with Gasteiger partial charge in [-0.05, 0) is 11.6 Å². The lowest BCUT2D eigenvalue weighted by Gasteiger charge is -2.22. The van der Waals surface area contributed by atoms with Gasteiger partial charge in [0.15, 0.2) is 0 Å². The van der Waals surface area contributed by atoms with Crippen LogP contribution in [0.1, 0.15) is 5.56 Å². The van der Waals surface area contributed by atoms with Gasteiger partial charge >= 0.3 is 5.97 Å². The van der Waals surface area contributed by atoms with Crippen molar-refractivity contribution in [3.05, 3.63) is 36.0 Å². The number of fused-ring (bicyclic) bond motifs is 1. The summed E-state index contributed by atoms with van der Waals surface area (Å²) < 4.78 is 0. The maximum Gasteiger partial charge on any atom is 0.322 e. The minimum absolute atomic E-state index is 0.0537. The second-order valence-electron chi connectivity index (χ2n) is 6.24. The molecule has 7 N–H and O–H groups in total. The monoisotopic (exact) mass is 421 g/mol. The Labute approximate surface area is 172 Å². The third-order valence-corrected chi connectivity index (χ3v) is 4.53. The minimum Gasteiger partial charge on any atom is -0.480 e. The van der Waals surface area contributed by atoms with E-state index in [2.05, 4.69) is 33.6 Å². The number of carboxylic acids is 1. The third kappa shape index (κ3) is 6.22. The van der Waals surface area contributed by atoms with Crippen LogP contribution in [0, 0.1) is 0 Å². The first-order chi connectivity index (χ1) is 13.8. The minimum atomic E-state index is -1.21. The molecule has 0 spiro atoms. The number of aliphatic carboxylic acids is 1. The molecule has 0 saturated carbocycles. The summed E-state index contributed by atoms with van der Waals surface area (Å²) in [5.74, 6) is -3.09. The Morgan fingerprint density at radius 2 is 1.83 bits per heavy atom. The summed E-state index contributed by atoms with van der Waals surface area (Å²) in [5, 5.41) is 16.8. The molecule has 2 aromatic rings. The molecule has 3 amide bonds. The van der Waals surface area contributed by atoms with E-state index in [1.165, 1.54) is 0 Å². The number of hydrogen-bond donors (Lipinski definition) is 7. The lowest BCUT2D eigenvalue weighted by atomic mass is 10.0. The molecule has 0 aliphatic heterocycles. The van der Waals surface area contributed by atoms with E-state index in [1.54, 1.807) is 6.20 Å². The first kappa shape index (κ1) is 22.2. The van der Waals surface area contributed by atoms with Crippen LogP contribution in [0.5, 0.6) is 0 Å². The van der Waals surface area contributed by atoms with Crippen molar-refractivity contribution >= 4 is 47.2 Å². The van der Waals surface area contributed by atoms with Crippen molar-refractivity contribution in [2.75, 3.05) is 18.8 Å². The Hall–Kier alpha value is -3.05. The first-order valence-corrected chi connectivity index (χ1v) is 9.44. The van der Waals surface area contributed by atoms with Gasteiger partial charge in [-0.3, -0.25) is 19.2 Å². The lowest BCUT2D eigenvalue weighted by molar-refractivity contribution is -0.138. The van der Waals surface area contributed by atoms with Crippen LogP contribution in [0.4, 0.5) is 0 Å². The Morgan fingerprint density at radius 1 is 1.10 bits per heavy atom. The van der Waals surface area contributed by atoms with Gasteiger partial charge in [0.25, 0.3) is 0 Å². The van der Waals surface area contributed by atoms with E-state index < -0.39 is 42.3 Å². The van der Waals surface area contributed by atoms with E-state index in [0.717, 1.165) is 16.5 Å². The van der Waals surface area contributed by atoms with Crippen molar-refractivity contribution in [2.45, 2.75) is 18.5 Å². The molecule has 2 atom stereocenters. The Kier molecular flexibility index (Phi) is 8.04.